The van der Waals surface area contributed by atoms with E-state index >= 15 is 0 Å². The van der Waals surface area contributed by atoms with Crippen molar-refractivity contribution in [3.63, 3.8) is 0 Å². The first-order chi connectivity index (χ1) is 9.79. The molecule has 0 bridgehead atoms. The molecule has 0 aromatic heterocycles. The molecule has 3 N–H and O–H groups in total. The number of hydrogen-bond donors (Lipinski definition) is 3. The van der Waals surface area contributed by atoms with E-state index in [1.54, 1.807) is 25.1 Å². The maximum atomic E-state index is 12.0. The number of ether oxygens (including phenoxy) is 1. The average Bonchev–Trinajstić information content (AvgIpc) is 2.38. The summed E-state index contributed by atoms with van der Waals surface area (Å²) in [6, 6.07) is 5.06. The summed E-state index contributed by atoms with van der Waals surface area (Å²) in [7, 11) is 0. The Kier molecular flexibility index (Phi) is 7.07. The van der Waals surface area contributed by atoms with Gasteiger partial charge in [0.25, 0.3) is 5.91 Å². The zero-order valence-electron chi connectivity index (χ0n) is 12.1. The van der Waals surface area contributed by atoms with Crippen molar-refractivity contribution in [1.82, 2.24) is 10.6 Å². The number of hydrogen-bond acceptors (Lipinski definition) is 4. The van der Waals surface area contributed by atoms with Gasteiger partial charge in [0.1, 0.15) is 5.75 Å². The molecule has 0 aliphatic carbocycles. The second-order valence-electron chi connectivity index (χ2n) is 4.82. The summed E-state index contributed by atoms with van der Waals surface area (Å²) in [5.41, 5.74) is 0.458. The van der Waals surface area contributed by atoms with Gasteiger partial charge in [-0.2, -0.15) is 0 Å². The highest BCUT2D eigenvalue weighted by atomic mass is 79.9. The standard InChI is InChI=1S/C14H19BrN2O3S/c1-8(2)20-12-5-4-10(6-11(12)15)13(19)17-14(21)16-7-9(3)18/h4-6,8-9,18H,7H2,1-3H3,(H2,16,17,19,21). The first kappa shape index (κ1) is 17.9. The number of benzene rings is 1. The summed E-state index contributed by atoms with van der Waals surface area (Å²) in [5.74, 6) is 0.353. The minimum absolute atomic E-state index is 0.0539. The minimum Gasteiger partial charge on any atom is -0.490 e. The maximum Gasteiger partial charge on any atom is 0.257 e. The average molecular weight is 375 g/mol. The van der Waals surface area contributed by atoms with Gasteiger partial charge in [-0.05, 0) is 67.1 Å². The fourth-order valence-electron chi connectivity index (χ4n) is 1.45. The van der Waals surface area contributed by atoms with E-state index in [1.807, 2.05) is 13.8 Å². The van der Waals surface area contributed by atoms with E-state index in [-0.39, 0.29) is 23.7 Å². The summed E-state index contributed by atoms with van der Waals surface area (Å²) in [6.45, 7) is 5.77. The Bertz CT molecular complexity index is 521. The molecule has 1 aromatic carbocycles. The van der Waals surface area contributed by atoms with Crippen molar-refractivity contribution in [2.24, 2.45) is 0 Å². The fourth-order valence-corrected chi connectivity index (χ4v) is 2.10. The van der Waals surface area contributed by atoms with Gasteiger partial charge in [0, 0.05) is 12.1 Å². The first-order valence-corrected chi connectivity index (χ1v) is 7.73. The number of nitrogens with one attached hydrogen (secondary N) is 2. The molecule has 21 heavy (non-hydrogen) atoms. The molecule has 0 saturated heterocycles. The van der Waals surface area contributed by atoms with Crippen LogP contribution in [0, 0.1) is 0 Å². The normalized spacial score (nSPS) is 11.9. The third-order valence-electron chi connectivity index (χ3n) is 2.34. The molecule has 0 aliphatic rings. The van der Waals surface area contributed by atoms with Crippen LogP contribution in [0.1, 0.15) is 31.1 Å². The van der Waals surface area contributed by atoms with Gasteiger partial charge in [0.15, 0.2) is 5.11 Å². The molecule has 0 saturated carbocycles. The van der Waals surface area contributed by atoms with Crippen LogP contribution in [0.4, 0.5) is 0 Å². The smallest absolute Gasteiger partial charge is 0.257 e. The highest BCUT2D eigenvalue weighted by Crippen LogP contribution is 2.26. The quantitative estimate of drug-likeness (QED) is 0.689. The van der Waals surface area contributed by atoms with Crippen LogP contribution in [0.5, 0.6) is 5.75 Å². The summed E-state index contributed by atoms with van der Waals surface area (Å²) in [4.78, 5) is 12.0. The Morgan fingerprint density at radius 2 is 2.10 bits per heavy atom. The molecule has 0 spiro atoms. The lowest BCUT2D eigenvalue weighted by Gasteiger charge is -2.13. The van der Waals surface area contributed by atoms with E-state index in [4.69, 9.17) is 22.1 Å². The monoisotopic (exact) mass is 374 g/mol. The SMILES string of the molecule is CC(O)CNC(=S)NC(=O)c1ccc(OC(C)C)c(Br)c1. The summed E-state index contributed by atoms with van der Waals surface area (Å²) >= 11 is 8.35. The molecule has 0 fully saturated rings. The van der Waals surface area contributed by atoms with Crippen molar-refractivity contribution in [2.45, 2.75) is 33.0 Å². The van der Waals surface area contributed by atoms with Crippen molar-refractivity contribution in [1.29, 1.82) is 0 Å². The van der Waals surface area contributed by atoms with Crippen LogP contribution in [0.15, 0.2) is 22.7 Å². The van der Waals surface area contributed by atoms with Crippen molar-refractivity contribution in [3.05, 3.63) is 28.2 Å². The molecule has 1 rings (SSSR count). The van der Waals surface area contributed by atoms with Gasteiger partial charge in [0.05, 0.1) is 16.7 Å². The highest BCUT2D eigenvalue weighted by molar-refractivity contribution is 9.10. The van der Waals surface area contributed by atoms with Gasteiger partial charge in [-0.25, -0.2) is 0 Å². The van der Waals surface area contributed by atoms with E-state index in [0.717, 1.165) is 0 Å². The molecule has 7 heteroatoms. The maximum absolute atomic E-state index is 12.0. The number of thiocarbonyl (C=S) groups is 1. The van der Waals surface area contributed by atoms with Gasteiger partial charge in [-0.15, -0.1) is 0 Å². The summed E-state index contributed by atoms with van der Waals surface area (Å²) in [6.07, 6.45) is -0.486. The second kappa shape index (κ2) is 8.31. The molecule has 5 nitrogen and oxygen atoms in total. The fraction of sp³-hybridized carbons (Fsp3) is 0.429. The molecule has 1 aromatic rings. The lowest BCUT2D eigenvalue weighted by Crippen LogP contribution is -2.41. The molecular weight excluding hydrogens is 356 g/mol. The predicted molar refractivity (Wildman–Crippen MR) is 89.7 cm³/mol. The lowest BCUT2D eigenvalue weighted by atomic mass is 10.2. The highest BCUT2D eigenvalue weighted by Gasteiger charge is 2.11. The number of rotatable bonds is 5. The summed E-state index contributed by atoms with van der Waals surface area (Å²) in [5, 5.41) is 14.6. The lowest BCUT2D eigenvalue weighted by molar-refractivity contribution is 0.0976. The minimum atomic E-state index is -0.540. The van der Waals surface area contributed by atoms with E-state index in [9.17, 15) is 4.79 Å². The first-order valence-electron chi connectivity index (χ1n) is 6.53. The third-order valence-corrected chi connectivity index (χ3v) is 3.21. The van der Waals surface area contributed by atoms with E-state index in [1.165, 1.54) is 0 Å². The molecule has 0 aliphatic heterocycles. The topological polar surface area (TPSA) is 70.6 Å². The van der Waals surface area contributed by atoms with E-state index < -0.39 is 6.10 Å². The molecule has 1 amide bonds. The third kappa shape index (κ3) is 6.41. The van der Waals surface area contributed by atoms with Crippen LogP contribution in [-0.4, -0.2) is 34.9 Å². The van der Waals surface area contributed by atoms with Crippen LogP contribution in [0.3, 0.4) is 0 Å². The zero-order chi connectivity index (χ0) is 16.0. The van der Waals surface area contributed by atoms with E-state index in [0.29, 0.717) is 15.8 Å². The van der Waals surface area contributed by atoms with Gasteiger partial charge < -0.3 is 15.2 Å². The van der Waals surface area contributed by atoms with Crippen molar-refractivity contribution >= 4 is 39.2 Å². The Morgan fingerprint density at radius 1 is 1.43 bits per heavy atom. The molecular formula is C14H19BrN2O3S. The van der Waals surface area contributed by atoms with Crippen LogP contribution in [0.25, 0.3) is 0 Å². The van der Waals surface area contributed by atoms with Crippen molar-refractivity contribution in [2.75, 3.05) is 6.54 Å². The Labute approximate surface area is 138 Å². The van der Waals surface area contributed by atoms with Gasteiger partial charge >= 0.3 is 0 Å². The van der Waals surface area contributed by atoms with Crippen LogP contribution in [0.2, 0.25) is 0 Å². The van der Waals surface area contributed by atoms with E-state index in [2.05, 4.69) is 26.6 Å². The number of carbonyl (C=O) groups is 1. The Morgan fingerprint density at radius 3 is 2.62 bits per heavy atom. The number of amides is 1. The number of aliphatic hydroxyl groups is 1. The summed E-state index contributed by atoms with van der Waals surface area (Å²) < 4.78 is 6.28. The molecule has 0 heterocycles. The second-order valence-corrected chi connectivity index (χ2v) is 6.09. The Hall–Kier alpha value is -1.18. The zero-order valence-corrected chi connectivity index (χ0v) is 14.5. The van der Waals surface area contributed by atoms with Gasteiger partial charge in [-0.1, -0.05) is 0 Å². The predicted octanol–water partition coefficient (Wildman–Crippen LogP) is 2.22. The number of halogens is 1. The Balaban J connectivity index is 2.66. The number of aliphatic hydroxyl groups excluding tert-OH is 1. The molecule has 1 unspecified atom stereocenters. The molecule has 0 radical (unpaired) electrons. The van der Waals surface area contributed by atoms with Crippen molar-refractivity contribution in [3.8, 4) is 5.75 Å². The largest absolute Gasteiger partial charge is 0.490 e. The van der Waals surface area contributed by atoms with Gasteiger partial charge in [-0.3, -0.25) is 10.1 Å². The van der Waals surface area contributed by atoms with Gasteiger partial charge in [0.2, 0.25) is 0 Å². The van der Waals surface area contributed by atoms with Crippen LogP contribution in [-0.2, 0) is 0 Å². The van der Waals surface area contributed by atoms with Crippen LogP contribution >= 0.6 is 28.1 Å². The number of carbonyl (C=O) groups excluding carboxylic acids is 1. The van der Waals surface area contributed by atoms with Crippen molar-refractivity contribution < 1.29 is 14.6 Å². The molecule has 116 valence electrons. The van der Waals surface area contributed by atoms with Crippen LogP contribution < -0.4 is 15.4 Å². The molecule has 1 atom stereocenters.